The van der Waals surface area contributed by atoms with Crippen LogP contribution in [0.15, 0.2) is 0 Å². The van der Waals surface area contributed by atoms with Crippen LogP contribution in [0.1, 0.15) is 20.3 Å². The van der Waals surface area contributed by atoms with Gasteiger partial charge < -0.3 is 10.5 Å². The molecule has 0 radical (unpaired) electrons. The van der Waals surface area contributed by atoms with Crippen molar-refractivity contribution in [2.24, 2.45) is 5.73 Å². The highest BCUT2D eigenvalue weighted by Crippen LogP contribution is 2.16. The Bertz CT molecular complexity index is 159. The molecule has 0 amide bonds. The zero-order valence-corrected chi connectivity index (χ0v) is 7.14. The fourth-order valence-electron chi connectivity index (χ4n) is 0.600. The quantitative estimate of drug-likeness (QED) is 0.656. The highest BCUT2D eigenvalue weighted by Gasteiger charge is 2.33. The van der Waals surface area contributed by atoms with Gasteiger partial charge in [-0.15, -0.1) is 0 Å². The monoisotopic (exact) mass is 181 g/mol. The van der Waals surface area contributed by atoms with Crippen molar-refractivity contribution in [1.82, 2.24) is 0 Å². The molecule has 0 aliphatic rings. The molecule has 0 fully saturated rings. The first kappa shape index (κ1) is 11.3. The van der Waals surface area contributed by atoms with Crippen molar-refractivity contribution in [3.8, 4) is 0 Å². The molecule has 12 heavy (non-hydrogen) atoms. The lowest BCUT2D eigenvalue weighted by molar-refractivity contribution is -0.146. The molecule has 0 heterocycles. The van der Waals surface area contributed by atoms with Gasteiger partial charge in [0.25, 0.3) is 6.43 Å². The summed E-state index contributed by atoms with van der Waals surface area (Å²) in [5.74, 6) is -0.692. The van der Waals surface area contributed by atoms with Gasteiger partial charge in [0.2, 0.25) is 0 Å². The maximum Gasteiger partial charge on any atom is 0.307 e. The molecule has 0 aromatic carbocycles. The number of carbonyl (C=O) groups excluding carboxylic acids is 1. The fourth-order valence-corrected chi connectivity index (χ4v) is 0.600. The van der Waals surface area contributed by atoms with E-state index in [1.54, 1.807) is 6.92 Å². The molecule has 0 aliphatic heterocycles. The first-order chi connectivity index (χ1) is 5.40. The number of hydrogen-bond acceptors (Lipinski definition) is 3. The molecule has 72 valence electrons. The van der Waals surface area contributed by atoms with Crippen molar-refractivity contribution in [3.05, 3.63) is 0 Å². The van der Waals surface area contributed by atoms with Crippen LogP contribution in [0.25, 0.3) is 0 Å². The zero-order chi connectivity index (χ0) is 9.78. The first-order valence-electron chi connectivity index (χ1n) is 3.62. The number of esters is 1. The summed E-state index contributed by atoms with van der Waals surface area (Å²) < 4.78 is 28.6. The predicted octanol–water partition coefficient (Wildman–Crippen LogP) is 0.922. The fraction of sp³-hybridized carbons (Fsp3) is 0.857. The number of hydrogen-bond donors (Lipinski definition) is 1. The third-order valence-corrected chi connectivity index (χ3v) is 1.33. The van der Waals surface area contributed by atoms with Gasteiger partial charge in [-0.1, -0.05) is 0 Å². The molecule has 0 aromatic rings. The highest BCUT2D eigenvalue weighted by molar-refractivity contribution is 5.70. The second-order valence-electron chi connectivity index (χ2n) is 2.79. The maximum absolute atomic E-state index is 12.1. The van der Waals surface area contributed by atoms with Gasteiger partial charge in [-0.2, -0.15) is 0 Å². The number of rotatable bonds is 4. The number of alkyl halides is 2. The van der Waals surface area contributed by atoms with Crippen molar-refractivity contribution < 1.29 is 18.3 Å². The molecule has 0 rings (SSSR count). The Hall–Kier alpha value is -0.710. The zero-order valence-electron chi connectivity index (χ0n) is 7.14. The van der Waals surface area contributed by atoms with E-state index in [9.17, 15) is 13.6 Å². The Labute approximate surface area is 69.9 Å². The molecule has 0 saturated heterocycles. The van der Waals surface area contributed by atoms with Crippen LogP contribution in [0.3, 0.4) is 0 Å². The Morgan fingerprint density at radius 2 is 2.17 bits per heavy atom. The molecule has 0 saturated carbocycles. The van der Waals surface area contributed by atoms with E-state index < -0.39 is 24.4 Å². The van der Waals surface area contributed by atoms with E-state index in [4.69, 9.17) is 5.73 Å². The lowest BCUT2D eigenvalue weighted by Gasteiger charge is -2.21. The number of ether oxygens (including phenoxy) is 1. The second-order valence-corrected chi connectivity index (χ2v) is 2.79. The van der Waals surface area contributed by atoms with E-state index in [1.165, 1.54) is 0 Å². The molecule has 0 spiro atoms. The normalized spacial score (nSPS) is 15.8. The SMILES string of the molecule is CCOC(=O)CC(C)(N)C(F)F. The second kappa shape index (κ2) is 4.35. The van der Waals surface area contributed by atoms with Crippen LogP contribution in [-0.2, 0) is 9.53 Å². The van der Waals surface area contributed by atoms with Crippen molar-refractivity contribution >= 4 is 5.97 Å². The van der Waals surface area contributed by atoms with Gasteiger partial charge in [-0.3, -0.25) is 4.79 Å². The average Bonchev–Trinajstić information content (AvgIpc) is 1.85. The van der Waals surface area contributed by atoms with Crippen LogP contribution in [0.2, 0.25) is 0 Å². The van der Waals surface area contributed by atoms with Crippen LogP contribution in [0, 0.1) is 0 Å². The molecule has 1 atom stereocenters. The van der Waals surface area contributed by atoms with E-state index in [0.29, 0.717) is 0 Å². The Morgan fingerprint density at radius 3 is 2.50 bits per heavy atom. The molecular formula is C7H13F2NO2. The van der Waals surface area contributed by atoms with Crippen molar-refractivity contribution in [2.45, 2.75) is 32.2 Å². The molecular weight excluding hydrogens is 168 g/mol. The number of nitrogens with two attached hydrogens (primary N) is 1. The Morgan fingerprint density at radius 1 is 1.67 bits per heavy atom. The topological polar surface area (TPSA) is 52.3 Å². The van der Waals surface area contributed by atoms with Crippen LogP contribution >= 0.6 is 0 Å². The van der Waals surface area contributed by atoms with Gasteiger partial charge in [-0.05, 0) is 13.8 Å². The smallest absolute Gasteiger partial charge is 0.307 e. The summed E-state index contributed by atoms with van der Waals surface area (Å²) in [4.78, 5) is 10.7. The maximum atomic E-state index is 12.1. The summed E-state index contributed by atoms with van der Waals surface area (Å²) >= 11 is 0. The third kappa shape index (κ3) is 3.61. The summed E-state index contributed by atoms with van der Waals surface area (Å²) in [5, 5.41) is 0. The molecule has 1 unspecified atom stereocenters. The van der Waals surface area contributed by atoms with Gasteiger partial charge in [-0.25, -0.2) is 8.78 Å². The summed E-state index contributed by atoms with van der Waals surface area (Å²) in [6.07, 6.45) is -3.18. The van der Waals surface area contributed by atoms with Gasteiger partial charge in [0.1, 0.15) is 0 Å². The van der Waals surface area contributed by atoms with E-state index >= 15 is 0 Å². The minimum Gasteiger partial charge on any atom is -0.466 e. The third-order valence-electron chi connectivity index (χ3n) is 1.33. The summed E-state index contributed by atoms with van der Waals surface area (Å²) in [6.45, 7) is 2.90. The Kier molecular flexibility index (Phi) is 4.09. The minimum absolute atomic E-state index is 0.179. The van der Waals surface area contributed by atoms with Gasteiger partial charge in [0, 0.05) is 0 Å². The van der Waals surface area contributed by atoms with E-state index in [-0.39, 0.29) is 6.61 Å². The number of halogens is 2. The van der Waals surface area contributed by atoms with Crippen LogP contribution < -0.4 is 5.73 Å². The summed E-state index contributed by atoms with van der Waals surface area (Å²) in [5.41, 5.74) is 3.35. The van der Waals surface area contributed by atoms with E-state index in [2.05, 4.69) is 4.74 Å². The van der Waals surface area contributed by atoms with Gasteiger partial charge in [0.15, 0.2) is 0 Å². The summed E-state index contributed by atoms with van der Waals surface area (Å²) in [7, 11) is 0. The van der Waals surface area contributed by atoms with Crippen LogP contribution in [0.5, 0.6) is 0 Å². The molecule has 0 bridgehead atoms. The lowest BCUT2D eigenvalue weighted by Crippen LogP contribution is -2.45. The van der Waals surface area contributed by atoms with Crippen LogP contribution in [0.4, 0.5) is 8.78 Å². The van der Waals surface area contributed by atoms with E-state index in [0.717, 1.165) is 6.92 Å². The average molecular weight is 181 g/mol. The van der Waals surface area contributed by atoms with E-state index in [1.807, 2.05) is 0 Å². The molecule has 5 heteroatoms. The van der Waals surface area contributed by atoms with Gasteiger partial charge >= 0.3 is 5.97 Å². The molecule has 0 aliphatic carbocycles. The summed E-state index contributed by atoms with van der Waals surface area (Å²) in [6, 6.07) is 0. The van der Waals surface area contributed by atoms with Crippen molar-refractivity contribution in [1.29, 1.82) is 0 Å². The molecule has 2 N–H and O–H groups in total. The predicted molar refractivity (Wildman–Crippen MR) is 39.8 cm³/mol. The first-order valence-corrected chi connectivity index (χ1v) is 3.62. The Balaban J connectivity index is 3.97. The highest BCUT2D eigenvalue weighted by atomic mass is 19.3. The number of carbonyl (C=O) groups is 1. The van der Waals surface area contributed by atoms with Gasteiger partial charge in [0.05, 0.1) is 18.6 Å². The molecule has 3 nitrogen and oxygen atoms in total. The molecule has 0 aromatic heterocycles. The lowest BCUT2D eigenvalue weighted by atomic mass is 10.0. The standard InChI is InChI=1S/C7H13F2NO2/c1-3-12-5(11)4-7(2,10)6(8)9/h6H,3-4,10H2,1-2H3. The van der Waals surface area contributed by atoms with Crippen LogP contribution in [-0.4, -0.2) is 24.5 Å². The largest absolute Gasteiger partial charge is 0.466 e. The van der Waals surface area contributed by atoms with Crippen molar-refractivity contribution in [3.63, 3.8) is 0 Å². The minimum atomic E-state index is -2.72. The van der Waals surface area contributed by atoms with Crippen molar-refractivity contribution in [2.75, 3.05) is 6.61 Å².